The van der Waals surface area contributed by atoms with Crippen molar-refractivity contribution >= 4 is 11.8 Å². The van der Waals surface area contributed by atoms with Crippen LogP contribution in [0.15, 0.2) is 54.7 Å². The van der Waals surface area contributed by atoms with E-state index in [1.165, 1.54) is 0 Å². The van der Waals surface area contributed by atoms with Gasteiger partial charge in [0.05, 0.1) is 5.69 Å². The van der Waals surface area contributed by atoms with Crippen LogP contribution in [0.25, 0.3) is 0 Å². The maximum Gasteiger partial charge on any atom is 0.253 e. The van der Waals surface area contributed by atoms with Crippen molar-refractivity contribution < 1.29 is 9.59 Å². The van der Waals surface area contributed by atoms with Gasteiger partial charge >= 0.3 is 0 Å². The molecule has 0 saturated carbocycles. The normalized spacial score (nSPS) is 18.8. The molecule has 30 heavy (non-hydrogen) atoms. The van der Waals surface area contributed by atoms with Gasteiger partial charge in [-0.25, -0.2) is 0 Å². The van der Waals surface area contributed by atoms with Crippen molar-refractivity contribution in [3.8, 4) is 0 Å². The van der Waals surface area contributed by atoms with Gasteiger partial charge in [-0.1, -0.05) is 24.3 Å². The molecule has 0 radical (unpaired) electrons. The molecule has 1 aromatic carbocycles. The van der Waals surface area contributed by atoms with Crippen LogP contribution in [-0.4, -0.2) is 70.8 Å². The summed E-state index contributed by atoms with van der Waals surface area (Å²) in [7, 11) is 0. The standard InChI is InChI=1S/C24H30N4O2/c29-23(20-7-2-1-3-8-20)28-15-10-21(11-16-28)24(30)27-14-6-13-26(17-18-27)19-22-9-4-5-12-25-22/h1-5,7-9,12,21H,6,10-11,13-19H2. The Hall–Kier alpha value is -2.73. The van der Waals surface area contributed by atoms with Crippen molar-refractivity contribution in [3.05, 3.63) is 66.0 Å². The van der Waals surface area contributed by atoms with Gasteiger partial charge in [0.15, 0.2) is 0 Å². The van der Waals surface area contributed by atoms with E-state index >= 15 is 0 Å². The predicted molar refractivity (Wildman–Crippen MR) is 116 cm³/mol. The van der Waals surface area contributed by atoms with Crippen LogP contribution in [0.2, 0.25) is 0 Å². The minimum Gasteiger partial charge on any atom is -0.341 e. The first-order chi connectivity index (χ1) is 14.7. The monoisotopic (exact) mass is 406 g/mol. The Morgan fingerprint density at radius 3 is 2.33 bits per heavy atom. The average Bonchev–Trinajstić information content (AvgIpc) is 3.05. The van der Waals surface area contributed by atoms with Gasteiger partial charge in [0, 0.05) is 63.5 Å². The Morgan fingerprint density at radius 2 is 1.60 bits per heavy atom. The molecular formula is C24H30N4O2. The van der Waals surface area contributed by atoms with E-state index in [1.54, 1.807) is 0 Å². The van der Waals surface area contributed by atoms with E-state index in [9.17, 15) is 9.59 Å². The van der Waals surface area contributed by atoms with Crippen molar-refractivity contribution in [1.82, 2.24) is 19.7 Å². The summed E-state index contributed by atoms with van der Waals surface area (Å²) in [5.41, 5.74) is 1.80. The second kappa shape index (κ2) is 9.85. The molecule has 2 fully saturated rings. The van der Waals surface area contributed by atoms with Crippen molar-refractivity contribution in [2.45, 2.75) is 25.8 Å². The van der Waals surface area contributed by atoms with E-state index in [1.807, 2.05) is 58.5 Å². The minimum absolute atomic E-state index is 0.0344. The number of carbonyl (C=O) groups excluding carboxylic acids is 2. The van der Waals surface area contributed by atoms with Gasteiger partial charge in [0.2, 0.25) is 5.91 Å². The number of piperidine rings is 1. The molecule has 2 saturated heterocycles. The van der Waals surface area contributed by atoms with E-state index in [0.717, 1.165) is 63.2 Å². The van der Waals surface area contributed by atoms with Crippen LogP contribution in [0.1, 0.15) is 35.3 Å². The first-order valence-electron chi connectivity index (χ1n) is 11.0. The maximum absolute atomic E-state index is 13.1. The van der Waals surface area contributed by atoms with E-state index < -0.39 is 0 Å². The summed E-state index contributed by atoms with van der Waals surface area (Å²) in [5, 5.41) is 0. The highest BCUT2D eigenvalue weighted by atomic mass is 16.2. The topological polar surface area (TPSA) is 56.8 Å². The van der Waals surface area contributed by atoms with E-state index in [0.29, 0.717) is 13.1 Å². The van der Waals surface area contributed by atoms with Gasteiger partial charge < -0.3 is 9.80 Å². The molecule has 2 amide bonds. The van der Waals surface area contributed by atoms with E-state index in [2.05, 4.69) is 16.0 Å². The number of benzene rings is 1. The lowest BCUT2D eigenvalue weighted by Gasteiger charge is -2.34. The molecule has 2 aliphatic rings. The SMILES string of the molecule is O=C(c1ccccc1)N1CCC(C(=O)N2CCCN(Cc3ccccn3)CC2)CC1. The number of hydrogen-bond acceptors (Lipinski definition) is 4. The number of nitrogens with zero attached hydrogens (tertiary/aromatic N) is 4. The van der Waals surface area contributed by atoms with Crippen LogP contribution in [-0.2, 0) is 11.3 Å². The highest BCUT2D eigenvalue weighted by molar-refractivity contribution is 5.94. The third-order valence-corrected chi connectivity index (χ3v) is 6.16. The Kier molecular flexibility index (Phi) is 6.74. The fraction of sp³-hybridized carbons (Fsp3) is 0.458. The summed E-state index contributed by atoms with van der Waals surface area (Å²) in [6.07, 6.45) is 4.33. The highest BCUT2D eigenvalue weighted by Gasteiger charge is 2.31. The third kappa shape index (κ3) is 5.05. The lowest BCUT2D eigenvalue weighted by Crippen LogP contribution is -2.45. The number of carbonyl (C=O) groups is 2. The molecule has 158 valence electrons. The highest BCUT2D eigenvalue weighted by Crippen LogP contribution is 2.22. The van der Waals surface area contributed by atoms with Crippen LogP contribution in [0.3, 0.4) is 0 Å². The van der Waals surface area contributed by atoms with Crippen molar-refractivity contribution in [2.75, 3.05) is 39.3 Å². The number of likely N-dealkylation sites (tertiary alicyclic amines) is 1. The summed E-state index contributed by atoms with van der Waals surface area (Å²) in [6, 6.07) is 15.4. The van der Waals surface area contributed by atoms with Gasteiger partial charge in [-0.3, -0.25) is 19.5 Å². The fourth-order valence-corrected chi connectivity index (χ4v) is 4.42. The molecule has 1 aromatic heterocycles. The largest absolute Gasteiger partial charge is 0.341 e. The van der Waals surface area contributed by atoms with Crippen molar-refractivity contribution in [3.63, 3.8) is 0 Å². The number of rotatable bonds is 4. The average molecular weight is 407 g/mol. The summed E-state index contributed by atoms with van der Waals surface area (Å²) in [4.78, 5) is 36.5. The molecule has 0 spiro atoms. The first kappa shape index (κ1) is 20.5. The number of aromatic nitrogens is 1. The molecular weight excluding hydrogens is 376 g/mol. The zero-order chi connectivity index (χ0) is 20.8. The van der Waals surface area contributed by atoms with E-state index in [-0.39, 0.29) is 17.7 Å². The van der Waals surface area contributed by atoms with E-state index in [4.69, 9.17) is 0 Å². The quantitative estimate of drug-likeness (QED) is 0.783. The van der Waals surface area contributed by atoms with Gasteiger partial charge in [-0.2, -0.15) is 0 Å². The predicted octanol–water partition coefficient (Wildman–Crippen LogP) is 2.67. The minimum atomic E-state index is 0.0344. The molecule has 2 aromatic rings. The van der Waals surface area contributed by atoms with Crippen LogP contribution in [0, 0.1) is 5.92 Å². The number of hydrogen-bond donors (Lipinski definition) is 0. The van der Waals surface area contributed by atoms with Crippen LogP contribution < -0.4 is 0 Å². The Labute approximate surface area is 178 Å². The first-order valence-corrected chi connectivity index (χ1v) is 11.0. The Morgan fingerprint density at radius 1 is 0.833 bits per heavy atom. The summed E-state index contributed by atoms with van der Waals surface area (Å²) in [5.74, 6) is 0.370. The number of amides is 2. The second-order valence-corrected chi connectivity index (χ2v) is 8.21. The summed E-state index contributed by atoms with van der Waals surface area (Å²) in [6.45, 7) is 5.62. The van der Waals surface area contributed by atoms with Crippen molar-refractivity contribution in [1.29, 1.82) is 0 Å². The van der Waals surface area contributed by atoms with Gasteiger partial charge in [-0.15, -0.1) is 0 Å². The molecule has 0 atom stereocenters. The second-order valence-electron chi connectivity index (χ2n) is 8.21. The molecule has 0 bridgehead atoms. The molecule has 6 nitrogen and oxygen atoms in total. The van der Waals surface area contributed by atoms with Gasteiger partial charge in [-0.05, 0) is 43.5 Å². The molecule has 0 aliphatic carbocycles. The van der Waals surface area contributed by atoms with Crippen LogP contribution in [0.5, 0.6) is 0 Å². The molecule has 6 heteroatoms. The molecule has 0 unspecified atom stereocenters. The maximum atomic E-state index is 13.1. The fourth-order valence-electron chi connectivity index (χ4n) is 4.42. The Balaban J connectivity index is 1.26. The molecule has 0 N–H and O–H groups in total. The molecule has 4 rings (SSSR count). The zero-order valence-electron chi connectivity index (χ0n) is 17.4. The lowest BCUT2D eigenvalue weighted by molar-refractivity contribution is -0.136. The smallest absolute Gasteiger partial charge is 0.253 e. The Bertz CT molecular complexity index is 835. The number of pyridine rings is 1. The van der Waals surface area contributed by atoms with Gasteiger partial charge in [0.1, 0.15) is 0 Å². The van der Waals surface area contributed by atoms with Crippen LogP contribution >= 0.6 is 0 Å². The van der Waals surface area contributed by atoms with Crippen LogP contribution in [0.4, 0.5) is 0 Å². The zero-order valence-corrected chi connectivity index (χ0v) is 17.4. The summed E-state index contributed by atoms with van der Waals surface area (Å²) >= 11 is 0. The molecule has 3 heterocycles. The van der Waals surface area contributed by atoms with Crippen molar-refractivity contribution in [2.24, 2.45) is 5.92 Å². The van der Waals surface area contributed by atoms with Gasteiger partial charge in [0.25, 0.3) is 5.91 Å². The lowest BCUT2D eigenvalue weighted by atomic mass is 9.94. The summed E-state index contributed by atoms with van der Waals surface area (Å²) < 4.78 is 0. The third-order valence-electron chi connectivity index (χ3n) is 6.16. The molecule has 2 aliphatic heterocycles.